The molecule has 1 aliphatic rings. The van der Waals surface area contributed by atoms with Gasteiger partial charge in [0.25, 0.3) is 0 Å². The molecule has 0 atom stereocenters. The highest BCUT2D eigenvalue weighted by atomic mass is 16.6. The van der Waals surface area contributed by atoms with Crippen molar-refractivity contribution in [2.45, 2.75) is 26.2 Å². The fourth-order valence-electron chi connectivity index (χ4n) is 2.08. The fourth-order valence-corrected chi connectivity index (χ4v) is 2.08. The minimum Gasteiger partial charge on any atom is -0.297 e. The summed E-state index contributed by atoms with van der Waals surface area (Å²) in [5, 5.41) is 13.0. The number of hydrogen-bond acceptors (Lipinski definition) is 8. The maximum absolute atomic E-state index is 11.1. The van der Waals surface area contributed by atoms with E-state index < -0.39 is 4.92 Å². The van der Waals surface area contributed by atoms with Gasteiger partial charge in [-0.2, -0.15) is 4.98 Å². The molecule has 9 nitrogen and oxygen atoms in total. The third-order valence-corrected chi connectivity index (χ3v) is 2.99. The van der Waals surface area contributed by atoms with Crippen molar-refractivity contribution in [3.8, 4) is 0 Å². The van der Waals surface area contributed by atoms with Gasteiger partial charge in [-0.05, 0) is 19.8 Å². The van der Waals surface area contributed by atoms with Crippen LogP contribution in [0.15, 0.2) is 0 Å². The van der Waals surface area contributed by atoms with Crippen molar-refractivity contribution in [3.05, 3.63) is 15.8 Å². The van der Waals surface area contributed by atoms with Crippen molar-refractivity contribution in [2.75, 3.05) is 23.9 Å². The van der Waals surface area contributed by atoms with Gasteiger partial charge in [0.2, 0.25) is 11.8 Å². The number of piperidine rings is 1. The van der Waals surface area contributed by atoms with Crippen molar-refractivity contribution >= 4 is 17.5 Å². The molecule has 0 unspecified atom stereocenters. The molecule has 0 amide bonds. The van der Waals surface area contributed by atoms with Crippen molar-refractivity contribution in [2.24, 2.45) is 5.84 Å². The molecule has 9 heteroatoms. The summed E-state index contributed by atoms with van der Waals surface area (Å²) in [5.41, 5.74) is 5.45. The molecule has 0 bridgehead atoms. The molecule has 2 rings (SSSR count). The highest BCUT2D eigenvalue weighted by Gasteiger charge is 2.24. The van der Waals surface area contributed by atoms with E-state index in [4.69, 9.17) is 5.84 Å². The highest BCUT2D eigenvalue weighted by Crippen LogP contribution is 2.27. The van der Waals surface area contributed by atoms with Crippen LogP contribution >= 0.6 is 0 Å². The van der Waals surface area contributed by atoms with Crippen LogP contribution < -0.4 is 16.7 Å². The highest BCUT2D eigenvalue weighted by molar-refractivity contribution is 5.60. The lowest BCUT2D eigenvalue weighted by atomic mass is 10.2. The Morgan fingerprint density at radius 2 is 2.00 bits per heavy atom. The molecular weight excluding hydrogens is 250 g/mol. The van der Waals surface area contributed by atoms with Gasteiger partial charge in [0.15, 0.2) is 0 Å². The van der Waals surface area contributed by atoms with E-state index in [2.05, 4.69) is 20.8 Å². The fraction of sp³-hybridized carbons (Fsp3) is 0.600. The number of aryl methyl sites for hydroxylation is 1. The van der Waals surface area contributed by atoms with Crippen LogP contribution in [0.4, 0.5) is 17.5 Å². The van der Waals surface area contributed by atoms with Crippen LogP contribution in [-0.2, 0) is 0 Å². The van der Waals surface area contributed by atoms with Gasteiger partial charge in [0.1, 0.15) is 5.69 Å². The quantitative estimate of drug-likeness (QED) is 0.416. The summed E-state index contributed by atoms with van der Waals surface area (Å²) in [6.45, 7) is 3.24. The number of nitrogens with one attached hydrogen (secondary N) is 2. The average molecular weight is 267 g/mol. The summed E-state index contributed by atoms with van der Waals surface area (Å²) in [6, 6.07) is 0. The van der Waals surface area contributed by atoms with E-state index >= 15 is 0 Å². The third kappa shape index (κ3) is 3.06. The Labute approximate surface area is 110 Å². The zero-order valence-corrected chi connectivity index (χ0v) is 10.7. The van der Waals surface area contributed by atoms with E-state index in [9.17, 15) is 10.1 Å². The number of nitro groups is 1. The first-order valence-corrected chi connectivity index (χ1v) is 6.13. The van der Waals surface area contributed by atoms with Gasteiger partial charge < -0.3 is 0 Å². The molecule has 0 spiro atoms. The molecule has 0 saturated carbocycles. The normalized spacial score (nSPS) is 16.1. The van der Waals surface area contributed by atoms with Crippen LogP contribution in [0.3, 0.4) is 0 Å². The molecule has 1 aromatic heterocycles. The zero-order valence-electron chi connectivity index (χ0n) is 10.7. The Balaban J connectivity index is 2.29. The number of hydrogen-bond donors (Lipinski definition) is 3. The van der Waals surface area contributed by atoms with Gasteiger partial charge in [0, 0.05) is 13.1 Å². The van der Waals surface area contributed by atoms with E-state index in [1.807, 2.05) is 5.01 Å². The van der Waals surface area contributed by atoms with Gasteiger partial charge in [-0.3, -0.25) is 21.0 Å². The maximum Gasteiger partial charge on any atom is 0.333 e. The molecule has 19 heavy (non-hydrogen) atoms. The molecule has 1 fully saturated rings. The third-order valence-electron chi connectivity index (χ3n) is 2.99. The summed E-state index contributed by atoms with van der Waals surface area (Å²) in [4.78, 5) is 18.6. The average Bonchev–Trinajstić information content (AvgIpc) is 2.38. The number of anilines is 2. The SMILES string of the molecule is Cc1nc(NN)nc(NN2CCCCC2)c1[N+](=O)[O-]. The van der Waals surface area contributed by atoms with E-state index in [0.717, 1.165) is 25.9 Å². The second kappa shape index (κ2) is 5.76. The minimum absolute atomic E-state index is 0.121. The number of nitrogens with two attached hydrogens (primary N) is 1. The van der Waals surface area contributed by atoms with Crippen molar-refractivity contribution in [3.63, 3.8) is 0 Å². The standard InChI is InChI=1S/C10H17N7O2/c1-7-8(17(18)19)9(13-10(12-7)14-11)15-16-5-3-2-4-6-16/h2-6,11H2,1H3,(H2,12,13,14,15). The van der Waals surface area contributed by atoms with E-state index in [1.165, 1.54) is 6.42 Å². The lowest BCUT2D eigenvalue weighted by Gasteiger charge is -2.27. The molecule has 0 radical (unpaired) electrons. The predicted octanol–water partition coefficient (Wildman–Crippen LogP) is 0.792. The number of aromatic nitrogens is 2. The number of nitrogen functional groups attached to an aromatic ring is 1. The Kier molecular flexibility index (Phi) is 4.07. The lowest BCUT2D eigenvalue weighted by molar-refractivity contribution is -0.385. The number of hydrazine groups is 2. The van der Waals surface area contributed by atoms with E-state index in [1.54, 1.807) is 6.92 Å². The largest absolute Gasteiger partial charge is 0.333 e. The van der Waals surface area contributed by atoms with Crippen LogP contribution in [0, 0.1) is 17.0 Å². The van der Waals surface area contributed by atoms with Gasteiger partial charge in [0.05, 0.1) is 4.92 Å². The summed E-state index contributed by atoms with van der Waals surface area (Å²) in [7, 11) is 0. The molecule has 0 aromatic carbocycles. The van der Waals surface area contributed by atoms with Gasteiger partial charge in [-0.1, -0.05) is 6.42 Å². The van der Waals surface area contributed by atoms with Gasteiger partial charge in [-0.15, -0.1) is 0 Å². The topological polar surface area (TPSA) is 122 Å². The minimum atomic E-state index is -0.484. The molecule has 0 aliphatic carbocycles. The first kappa shape index (κ1) is 13.4. The molecule has 1 aliphatic heterocycles. The first-order valence-electron chi connectivity index (χ1n) is 6.13. The lowest BCUT2D eigenvalue weighted by Crippen LogP contribution is -2.35. The van der Waals surface area contributed by atoms with Crippen molar-refractivity contribution in [1.82, 2.24) is 15.0 Å². The summed E-state index contributed by atoms with van der Waals surface area (Å²) >= 11 is 0. The molecule has 2 heterocycles. The molecule has 1 aromatic rings. The molecule has 4 N–H and O–H groups in total. The molecule has 1 saturated heterocycles. The number of nitrogens with zero attached hydrogens (tertiary/aromatic N) is 4. The summed E-state index contributed by atoms with van der Waals surface area (Å²) < 4.78 is 0. The predicted molar refractivity (Wildman–Crippen MR) is 70.3 cm³/mol. The van der Waals surface area contributed by atoms with Crippen LogP contribution in [0.5, 0.6) is 0 Å². The maximum atomic E-state index is 11.1. The van der Waals surface area contributed by atoms with Crippen LogP contribution in [0.2, 0.25) is 0 Å². The summed E-state index contributed by atoms with van der Waals surface area (Å²) in [6.07, 6.45) is 3.30. The number of rotatable bonds is 4. The Morgan fingerprint density at radius 1 is 1.32 bits per heavy atom. The second-order valence-corrected chi connectivity index (χ2v) is 4.39. The van der Waals surface area contributed by atoms with Crippen LogP contribution in [0.25, 0.3) is 0 Å². The van der Waals surface area contributed by atoms with Crippen molar-refractivity contribution in [1.29, 1.82) is 0 Å². The van der Waals surface area contributed by atoms with Crippen LogP contribution in [0.1, 0.15) is 25.0 Å². The monoisotopic (exact) mass is 267 g/mol. The van der Waals surface area contributed by atoms with E-state index in [0.29, 0.717) is 0 Å². The Morgan fingerprint density at radius 3 is 2.58 bits per heavy atom. The Bertz CT molecular complexity index is 473. The second-order valence-electron chi connectivity index (χ2n) is 4.39. The first-order chi connectivity index (χ1) is 9.11. The molecule has 104 valence electrons. The summed E-state index contributed by atoms with van der Waals surface area (Å²) in [5.74, 6) is 5.59. The van der Waals surface area contributed by atoms with Crippen molar-refractivity contribution < 1.29 is 4.92 Å². The Hall–Kier alpha value is -2.00. The van der Waals surface area contributed by atoms with Crippen LogP contribution in [-0.4, -0.2) is 33.0 Å². The van der Waals surface area contributed by atoms with E-state index in [-0.39, 0.29) is 23.1 Å². The van der Waals surface area contributed by atoms with Gasteiger partial charge in [-0.25, -0.2) is 15.8 Å². The smallest absolute Gasteiger partial charge is 0.297 e. The zero-order chi connectivity index (χ0) is 13.8. The molecular formula is C10H17N7O2. The van der Waals surface area contributed by atoms with Gasteiger partial charge >= 0.3 is 5.69 Å².